The van der Waals surface area contributed by atoms with Crippen LogP contribution in [-0.2, 0) is 4.79 Å². The molecule has 0 aliphatic heterocycles. The smallest absolute Gasteiger partial charge is 0.293 e. The number of furan rings is 1. The maximum atomic E-state index is 11.6. The number of nitrogens with zero attached hydrogens (tertiary/aromatic N) is 1. The van der Waals surface area contributed by atoms with E-state index in [2.05, 4.69) is 21.2 Å². The highest BCUT2D eigenvalue weighted by Crippen LogP contribution is 2.32. The SMILES string of the molecule is CC(=O)NC(=O)c1ccc(-c2ccc([N+](=O)[O-])cc2Br)o1. The van der Waals surface area contributed by atoms with E-state index in [1.165, 1.54) is 31.2 Å². The summed E-state index contributed by atoms with van der Waals surface area (Å²) in [5, 5.41) is 12.8. The van der Waals surface area contributed by atoms with Crippen LogP contribution in [-0.4, -0.2) is 16.7 Å². The maximum Gasteiger partial charge on any atom is 0.293 e. The summed E-state index contributed by atoms with van der Waals surface area (Å²) in [5.74, 6) is -0.808. The third-order valence-corrected chi connectivity index (χ3v) is 3.20. The molecule has 7 nitrogen and oxygen atoms in total. The van der Waals surface area contributed by atoms with Crippen LogP contribution in [0.4, 0.5) is 5.69 Å². The number of nitro groups is 1. The van der Waals surface area contributed by atoms with Crippen LogP contribution >= 0.6 is 15.9 Å². The molecule has 108 valence electrons. The van der Waals surface area contributed by atoms with Crippen LogP contribution in [0.1, 0.15) is 17.5 Å². The molecule has 0 fully saturated rings. The summed E-state index contributed by atoms with van der Waals surface area (Å²) in [6, 6.07) is 7.14. The molecular formula is C13H9BrN2O5. The van der Waals surface area contributed by atoms with Crippen molar-refractivity contribution < 1.29 is 18.9 Å². The number of hydrogen-bond donors (Lipinski definition) is 1. The van der Waals surface area contributed by atoms with Crippen molar-refractivity contribution in [2.75, 3.05) is 0 Å². The van der Waals surface area contributed by atoms with E-state index in [1.807, 2.05) is 0 Å². The van der Waals surface area contributed by atoms with E-state index in [9.17, 15) is 19.7 Å². The Balaban J connectivity index is 2.31. The third-order valence-electron chi connectivity index (χ3n) is 2.55. The number of carbonyl (C=O) groups is 2. The van der Waals surface area contributed by atoms with Crippen LogP contribution in [0.15, 0.2) is 39.2 Å². The Kier molecular flexibility index (Phi) is 4.18. The van der Waals surface area contributed by atoms with E-state index in [4.69, 9.17) is 4.42 Å². The molecule has 0 atom stereocenters. The molecule has 1 heterocycles. The van der Waals surface area contributed by atoms with Gasteiger partial charge >= 0.3 is 0 Å². The Bertz CT molecular complexity index is 738. The number of halogens is 1. The number of rotatable bonds is 3. The lowest BCUT2D eigenvalue weighted by Gasteiger charge is -2.01. The maximum absolute atomic E-state index is 11.6. The van der Waals surface area contributed by atoms with Crippen molar-refractivity contribution in [2.24, 2.45) is 0 Å². The standard InChI is InChI=1S/C13H9BrN2O5/c1-7(17)15-13(18)12-5-4-11(21-12)9-3-2-8(16(19)20)6-10(9)14/h2-6H,1H3,(H,15,17,18). The average molecular weight is 353 g/mol. The van der Waals surface area contributed by atoms with Crippen molar-refractivity contribution in [1.29, 1.82) is 0 Å². The van der Waals surface area contributed by atoms with Gasteiger partial charge in [0.15, 0.2) is 5.76 Å². The predicted octanol–water partition coefficient (Wildman–Crippen LogP) is 2.89. The van der Waals surface area contributed by atoms with Gasteiger partial charge in [-0.25, -0.2) is 0 Å². The van der Waals surface area contributed by atoms with Crippen LogP contribution in [0.2, 0.25) is 0 Å². The Morgan fingerprint density at radius 2 is 2.00 bits per heavy atom. The summed E-state index contributed by atoms with van der Waals surface area (Å²) < 4.78 is 5.81. The zero-order valence-electron chi connectivity index (χ0n) is 10.8. The third kappa shape index (κ3) is 3.34. The predicted molar refractivity (Wildman–Crippen MR) is 76.6 cm³/mol. The molecule has 0 saturated heterocycles. The molecule has 2 rings (SSSR count). The molecule has 0 aliphatic rings. The van der Waals surface area contributed by atoms with Crippen molar-refractivity contribution >= 4 is 33.4 Å². The van der Waals surface area contributed by atoms with Gasteiger partial charge in [0.2, 0.25) is 5.91 Å². The number of non-ortho nitro benzene ring substituents is 1. The highest BCUT2D eigenvalue weighted by atomic mass is 79.9. The fourth-order valence-electron chi connectivity index (χ4n) is 1.64. The lowest BCUT2D eigenvalue weighted by atomic mass is 10.1. The molecule has 2 amide bonds. The van der Waals surface area contributed by atoms with E-state index in [0.29, 0.717) is 15.8 Å². The van der Waals surface area contributed by atoms with Crippen molar-refractivity contribution in [3.63, 3.8) is 0 Å². The number of nitrogens with one attached hydrogen (secondary N) is 1. The topological polar surface area (TPSA) is 102 Å². The Labute approximate surface area is 127 Å². The molecule has 0 aliphatic carbocycles. The summed E-state index contributed by atoms with van der Waals surface area (Å²) in [6.45, 7) is 1.22. The number of hydrogen-bond acceptors (Lipinski definition) is 5. The quantitative estimate of drug-likeness (QED) is 0.675. The molecule has 0 spiro atoms. The first-order chi connectivity index (χ1) is 9.88. The number of nitro benzene ring substituents is 1. The molecule has 1 aromatic carbocycles. The average Bonchev–Trinajstić information content (AvgIpc) is 2.87. The van der Waals surface area contributed by atoms with Crippen molar-refractivity contribution in [1.82, 2.24) is 5.32 Å². The van der Waals surface area contributed by atoms with Gasteiger partial charge in [-0.05, 0) is 34.1 Å². The largest absolute Gasteiger partial charge is 0.451 e. The molecule has 0 bridgehead atoms. The second kappa shape index (κ2) is 5.88. The van der Waals surface area contributed by atoms with Gasteiger partial charge in [-0.15, -0.1) is 0 Å². The molecule has 0 radical (unpaired) electrons. The van der Waals surface area contributed by atoms with Crippen LogP contribution in [0.3, 0.4) is 0 Å². The zero-order valence-corrected chi connectivity index (χ0v) is 12.3. The Hall–Kier alpha value is -2.48. The normalized spacial score (nSPS) is 10.2. The van der Waals surface area contributed by atoms with Crippen LogP contribution in [0.25, 0.3) is 11.3 Å². The number of benzene rings is 1. The minimum absolute atomic E-state index is 0.0227. The summed E-state index contributed by atoms with van der Waals surface area (Å²) >= 11 is 3.22. The van der Waals surface area contributed by atoms with Crippen molar-refractivity contribution in [3.8, 4) is 11.3 Å². The number of carbonyl (C=O) groups excluding carboxylic acids is 2. The molecule has 1 N–H and O–H groups in total. The fourth-order valence-corrected chi connectivity index (χ4v) is 2.21. The first-order valence-corrected chi connectivity index (χ1v) is 6.54. The minimum atomic E-state index is -0.646. The minimum Gasteiger partial charge on any atom is -0.451 e. The summed E-state index contributed by atoms with van der Waals surface area (Å²) in [7, 11) is 0. The summed E-state index contributed by atoms with van der Waals surface area (Å²) in [6.07, 6.45) is 0. The van der Waals surface area contributed by atoms with Gasteiger partial charge in [-0.1, -0.05) is 0 Å². The Morgan fingerprint density at radius 3 is 2.57 bits per heavy atom. The number of amides is 2. The van der Waals surface area contributed by atoms with Gasteiger partial charge < -0.3 is 4.42 Å². The first kappa shape index (κ1) is 14.9. The summed E-state index contributed by atoms with van der Waals surface area (Å²) in [4.78, 5) is 32.6. The van der Waals surface area contributed by atoms with E-state index in [0.717, 1.165) is 0 Å². The lowest BCUT2D eigenvalue weighted by Crippen LogP contribution is -2.27. The van der Waals surface area contributed by atoms with Crippen LogP contribution in [0.5, 0.6) is 0 Å². The molecule has 0 unspecified atom stereocenters. The second-order valence-corrected chi connectivity index (χ2v) is 4.95. The first-order valence-electron chi connectivity index (χ1n) is 5.74. The number of imide groups is 1. The Morgan fingerprint density at radius 1 is 1.29 bits per heavy atom. The molecule has 21 heavy (non-hydrogen) atoms. The van der Waals surface area contributed by atoms with Gasteiger partial charge in [0.1, 0.15) is 5.76 Å². The van der Waals surface area contributed by atoms with Gasteiger partial charge in [0.25, 0.3) is 11.6 Å². The monoisotopic (exact) mass is 352 g/mol. The highest BCUT2D eigenvalue weighted by Gasteiger charge is 2.16. The van der Waals surface area contributed by atoms with Crippen LogP contribution < -0.4 is 5.32 Å². The lowest BCUT2D eigenvalue weighted by molar-refractivity contribution is -0.384. The molecule has 2 aromatic rings. The van der Waals surface area contributed by atoms with Crippen LogP contribution in [0, 0.1) is 10.1 Å². The second-order valence-electron chi connectivity index (χ2n) is 4.10. The van der Waals surface area contributed by atoms with Gasteiger partial charge in [-0.3, -0.25) is 25.0 Å². The molecular weight excluding hydrogens is 344 g/mol. The van der Waals surface area contributed by atoms with E-state index < -0.39 is 16.7 Å². The molecule has 8 heteroatoms. The fraction of sp³-hybridized carbons (Fsp3) is 0.0769. The van der Waals surface area contributed by atoms with Gasteiger partial charge in [-0.2, -0.15) is 0 Å². The van der Waals surface area contributed by atoms with E-state index in [-0.39, 0.29) is 11.4 Å². The van der Waals surface area contributed by atoms with Gasteiger partial charge in [0.05, 0.1) is 4.92 Å². The van der Waals surface area contributed by atoms with Crippen molar-refractivity contribution in [3.05, 3.63) is 50.7 Å². The van der Waals surface area contributed by atoms with E-state index in [1.54, 1.807) is 6.07 Å². The summed E-state index contributed by atoms with van der Waals surface area (Å²) in [5.41, 5.74) is 0.495. The zero-order chi connectivity index (χ0) is 15.6. The van der Waals surface area contributed by atoms with E-state index >= 15 is 0 Å². The molecule has 1 aromatic heterocycles. The van der Waals surface area contributed by atoms with Crippen molar-refractivity contribution in [2.45, 2.75) is 6.92 Å². The highest BCUT2D eigenvalue weighted by molar-refractivity contribution is 9.10. The van der Waals surface area contributed by atoms with Gasteiger partial charge in [0, 0.05) is 29.1 Å². The molecule has 0 saturated carbocycles.